The molecule has 1 aromatic heterocycles. The van der Waals surface area contributed by atoms with Crippen molar-refractivity contribution in [1.29, 1.82) is 0 Å². The number of nitrogens with one attached hydrogen (secondary N) is 1. The van der Waals surface area contributed by atoms with Gasteiger partial charge in [-0.05, 0) is 84.6 Å². The topological polar surface area (TPSA) is 116 Å². The van der Waals surface area contributed by atoms with Crippen molar-refractivity contribution in [1.82, 2.24) is 15.2 Å². The van der Waals surface area contributed by atoms with Crippen LogP contribution < -0.4 is 19.5 Å². The number of fused-ring (bicyclic) bond motifs is 3. The molecule has 5 rings (SSSR count). The molecule has 1 aromatic carbocycles. The number of nitrogens with zero attached hydrogens (tertiary/aromatic N) is 2. The predicted molar refractivity (Wildman–Crippen MR) is 174 cm³/mol. The molecule has 3 aliphatic rings. The zero-order valence-electron chi connectivity index (χ0n) is 26.2. The highest BCUT2D eigenvalue weighted by Crippen LogP contribution is 2.40. The van der Waals surface area contributed by atoms with Gasteiger partial charge in [-0.3, -0.25) is 4.79 Å². The molecule has 11 heteroatoms. The molecule has 1 aliphatic carbocycles. The van der Waals surface area contributed by atoms with Crippen LogP contribution in [0.15, 0.2) is 12.1 Å². The highest BCUT2D eigenvalue weighted by Gasteiger charge is 2.42. The smallest absolute Gasteiger partial charge is 0.407 e. The lowest BCUT2D eigenvalue weighted by Crippen LogP contribution is -2.54. The van der Waals surface area contributed by atoms with Gasteiger partial charge < -0.3 is 34.0 Å². The number of aromatic nitrogens is 1. The van der Waals surface area contributed by atoms with E-state index in [2.05, 4.69) is 47.8 Å². The number of alkyl carbamates (subject to hydrolysis) is 1. The summed E-state index contributed by atoms with van der Waals surface area (Å²) in [6.07, 6.45) is 7.34. The van der Waals surface area contributed by atoms with Gasteiger partial charge in [-0.2, -0.15) is 0 Å². The maximum absolute atomic E-state index is 14.1. The Kier molecular flexibility index (Phi) is 10.4. The monoisotopic (exact) mass is 721 g/mol. The fourth-order valence-electron chi connectivity index (χ4n) is 6.79. The summed E-state index contributed by atoms with van der Waals surface area (Å²) in [4.78, 5) is 45.9. The van der Waals surface area contributed by atoms with Crippen LogP contribution in [0.1, 0.15) is 77.7 Å². The van der Waals surface area contributed by atoms with Crippen LogP contribution in [0.2, 0.25) is 0 Å². The molecule has 10 nitrogen and oxygen atoms in total. The number of rotatable bonds is 5. The first-order valence-corrected chi connectivity index (χ1v) is 16.9. The van der Waals surface area contributed by atoms with Crippen LogP contribution in [0.3, 0.4) is 0 Å². The number of halogens is 1. The average molecular weight is 722 g/mol. The molecule has 3 heterocycles. The van der Waals surface area contributed by atoms with Gasteiger partial charge in [0.1, 0.15) is 29.9 Å². The van der Waals surface area contributed by atoms with E-state index >= 15 is 0 Å². The van der Waals surface area contributed by atoms with E-state index in [1.54, 1.807) is 18.1 Å². The van der Waals surface area contributed by atoms with E-state index in [4.69, 9.17) is 23.9 Å². The van der Waals surface area contributed by atoms with Gasteiger partial charge in [-0.25, -0.2) is 9.78 Å². The maximum atomic E-state index is 14.1. The number of cyclic esters (lactones) is 1. The van der Waals surface area contributed by atoms with Crippen molar-refractivity contribution in [3.8, 4) is 17.4 Å². The van der Waals surface area contributed by atoms with E-state index in [0.29, 0.717) is 30.2 Å². The van der Waals surface area contributed by atoms with E-state index in [-0.39, 0.29) is 30.4 Å². The fraction of sp³-hybridized carbons (Fsp3) is 0.636. The van der Waals surface area contributed by atoms with Crippen molar-refractivity contribution in [3.63, 3.8) is 0 Å². The minimum absolute atomic E-state index is 0.0111. The Labute approximate surface area is 273 Å². The fourth-order valence-corrected chi connectivity index (χ4v) is 7.77. The lowest BCUT2D eigenvalue weighted by atomic mass is 9.83. The SMILES string of the molecule is CCOc1cc2c3cc(c(OC)c(I)c3n1)CCCC(C)(C)COC(=O)N[C@@H](C1CCCCC1)C(=O)N1C[C@@H](C[C@H]1C=O)O2. The number of carbonyl (C=O) groups excluding carboxylic acids is 3. The van der Waals surface area contributed by atoms with Gasteiger partial charge in [0.05, 0.1) is 42.0 Å². The Morgan fingerprint density at radius 1 is 1.18 bits per heavy atom. The quantitative estimate of drug-likeness (QED) is 0.303. The van der Waals surface area contributed by atoms with Gasteiger partial charge in [0.2, 0.25) is 11.8 Å². The molecule has 240 valence electrons. The molecule has 0 radical (unpaired) electrons. The van der Waals surface area contributed by atoms with Crippen molar-refractivity contribution in [2.75, 3.05) is 26.9 Å². The van der Waals surface area contributed by atoms with Crippen LogP contribution in [0.25, 0.3) is 10.9 Å². The van der Waals surface area contributed by atoms with E-state index in [1.165, 1.54) is 0 Å². The molecule has 2 aliphatic heterocycles. The number of hydrogen-bond acceptors (Lipinski definition) is 8. The van der Waals surface area contributed by atoms with Gasteiger partial charge in [0.15, 0.2) is 0 Å². The Balaban J connectivity index is 1.57. The molecule has 2 fully saturated rings. The molecular weight excluding hydrogens is 677 g/mol. The van der Waals surface area contributed by atoms with Gasteiger partial charge in [0, 0.05) is 17.9 Å². The molecule has 1 saturated carbocycles. The van der Waals surface area contributed by atoms with Crippen LogP contribution in [-0.4, -0.2) is 73.2 Å². The molecule has 1 N–H and O–H groups in total. The summed E-state index contributed by atoms with van der Waals surface area (Å²) in [6.45, 7) is 6.95. The van der Waals surface area contributed by atoms with Crippen LogP contribution in [-0.2, 0) is 20.7 Å². The summed E-state index contributed by atoms with van der Waals surface area (Å²) in [6, 6.07) is 2.45. The summed E-state index contributed by atoms with van der Waals surface area (Å²) in [5, 5.41) is 3.75. The second kappa shape index (κ2) is 14.1. The molecule has 2 amide bonds. The molecule has 0 unspecified atom stereocenters. The first-order valence-electron chi connectivity index (χ1n) is 15.8. The molecular formula is C33H44IN3O7. The third-order valence-corrected chi connectivity index (χ3v) is 10.1. The highest BCUT2D eigenvalue weighted by atomic mass is 127. The van der Waals surface area contributed by atoms with Crippen molar-refractivity contribution >= 4 is 51.8 Å². The van der Waals surface area contributed by atoms with E-state index < -0.39 is 24.3 Å². The predicted octanol–water partition coefficient (Wildman–Crippen LogP) is 5.83. The number of ether oxygens (including phenoxy) is 4. The van der Waals surface area contributed by atoms with Crippen molar-refractivity contribution < 1.29 is 33.3 Å². The molecule has 1 saturated heterocycles. The van der Waals surface area contributed by atoms with Gasteiger partial charge in [-0.15, -0.1) is 0 Å². The second-order valence-corrected chi connectivity index (χ2v) is 14.0. The Morgan fingerprint density at radius 2 is 1.95 bits per heavy atom. The third kappa shape index (κ3) is 7.18. The largest absolute Gasteiger partial charge is 0.495 e. The van der Waals surface area contributed by atoms with Crippen molar-refractivity contribution in [3.05, 3.63) is 21.3 Å². The number of aryl methyl sites for hydroxylation is 1. The molecule has 0 spiro atoms. The first kappa shape index (κ1) is 32.6. The number of hydrogen-bond donors (Lipinski definition) is 1. The summed E-state index contributed by atoms with van der Waals surface area (Å²) in [5.74, 6) is 1.53. The Morgan fingerprint density at radius 3 is 2.66 bits per heavy atom. The lowest BCUT2D eigenvalue weighted by Gasteiger charge is -2.34. The minimum atomic E-state index is -0.756. The van der Waals surface area contributed by atoms with Gasteiger partial charge in [0.25, 0.3) is 0 Å². The number of carbonyl (C=O) groups is 3. The number of pyridine rings is 1. The number of methoxy groups -OCH3 is 1. The molecule has 4 bridgehead atoms. The molecule has 2 aromatic rings. The van der Waals surface area contributed by atoms with Crippen LogP contribution in [0, 0.1) is 14.9 Å². The van der Waals surface area contributed by atoms with Crippen LogP contribution in [0.5, 0.6) is 17.4 Å². The summed E-state index contributed by atoms with van der Waals surface area (Å²) < 4.78 is 24.9. The average Bonchev–Trinajstić information content (AvgIpc) is 3.42. The maximum Gasteiger partial charge on any atom is 0.407 e. The lowest BCUT2D eigenvalue weighted by molar-refractivity contribution is -0.138. The third-order valence-electron chi connectivity index (χ3n) is 9.10. The number of amides is 2. The molecule has 3 atom stereocenters. The zero-order valence-corrected chi connectivity index (χ0v) is 28.3. The summed E-state index contributed by atoms with van der Waals surface area (Å²) >= 11 is 2.27. The van der Waals surface area contributed by atoms with E-state index in [9.17, 15) is 14.4 Å². The Bertz CT molecular complexity index is 1380. The van der Waals surface area contributed by atoms with Gasteiger partial charge in [-0.1, -0.05) is 33.1 Å². The molecule has 44 heavy (non-hydrogen) atoms. The van der Waals surface area contributed by atoms with E-state index in [0.717, 1.165) is 77.9 Å². The summed E-state index contributed by atoms with van der Waals surface area (Å²) in [7, 11) is 1.66. The number of aldehydes is 1. The second-order valence-electron chi connectivity index (χ2n) is 13.0. The van der Waals surface area contributed by atoms with Crippen LogP contribution >= 0.6 is 22.6 Å². The first-order chi connectivity index (χ1) is 21.1. The summed E-state index contributed by atoms with van der Waals surface area (Å²) in [5.41, 5.74) is 1.46. The van der Waals surface area contributed by atoms with Gasteiger partial charge >= 0.3 is 6.09 Å². The zero-order chi connectivity index (χ0) is 31.4. The highest BCUT2D eigenvalue weighted by molar-refractivity contribution is 14.1. The standard InChI is InChI=1S/C33H44IN3O7/c1-5-42-26-16-25-24-14-21(30(41-4)27(34)29(24)35-26)12-9-13-33(2,3)19-43-32(40)36-28(20-10-7-6-8-11-20)31(39)37-17-23(44-25)15-22(37)18-38/h14,16,18,20,22-23,28H,5-13,15,17,19H2,1-4H3,(H,36,40)/t22-,23+,28-/m0/s1. The normalized spacial score (nSPS) is 25.0. The van der Waals surface area contributed by atoms with Crippen LogP contribution in [0.4, 0.5) is 4.79 Å². The minimum Gasteiger partial charge on any atom is -0.495 e. The van der Waals surface area contributed by atoms with E-state index in [1.807, 2.05) is 6.92 Å². The Hall–Kier alpha value is -2.83. The van der Waals surface area contributed by atoms with Crippen molar-refractivity contribution in [2.45, 2.75) is 96.7 Å². The van der Waals surface area contributed by atoms with Crippen molar-refractivity contribution in [2.24, 2.45) is 11.3 Å². The number of benzene rings is 1.